The van der Waals surface area contributed by atoms with Crippen LogP contribution in [0.2, 0.25) is 0 Å². The number of morpholine rings is 1. The van der Waals surface area contributed by atoms with Gasteiger partial charge in [0.2, 0.25) is 0 Å². The first kappa shape index (κ1) is 28.1. The Hall–Kier alpha value is -2.89. The van der Waals surface area contributed by atoms with E-state index in [0.29, 0.717) is 0 Å². The van der Waals surface area contributed by atoms with Gasteiger partial charge in [0, 0.05) is 13.1 Å². The van der Waals surface area contributed by atoms with Gasteiger partial charge in [-0.2, -0.15) is 0 Å². The molecule has 1 aliphatic rings. The number of phenols is 1. The monoisotopic (exact) mass is 471 g/mol. The summed E-state index contributed by atoms with van der Waals surface area (Å²) in [7, 11) is 0. The van der Waals surface area contributed by atoms with Crippen molar-refractivity contribution in [3.63, 3.8) is 0 Å². The largest absolute Gasteiger partial charge is 0.508 e. The number of aromatic hydroxyl groups is 1. The highest BCUT2D eigenvalue weighted by Crippen LogP contribution is 2.17. The SMILES string of the molecule is O=C(O)CC(O)(CC(=O)O)C(=O)O.Oc1ccc(OCCCCCCN2CCOCC2)cc1. The molecule has 186 valence electrons. The van der Waals surface area contributed by atoms with Crippen LogP contribution >= 0.6 is 0 Å². The summed E-state index contributed by atoms with van der Waals surface area (Å²) in [4.78, 5) is 33.0. The fraction of sp³-hybridized carbons (Fsp3) is 0.591. The number of carbonyl (C=O) groups is 3. The number of aliphatic hydroxyl groups is 1. The number of benzene rings is 1. The number of hydrogen-bond donors (Lipinski definition) is 5. The maximum absolute atomic E-state index is 10.3. The molecule has 0 atom stereocenters. The molecule has 2 rings (SSSR count). The first-order chi connectivity index (χ1) is 15.6. The summed E-state index contributed by atoms with van der Waals surface area (Å²) < 4.78 is 11.0. The number of hydrogen-bond acceptors (Lipinski definition) is 8. The fourth-order valence-electron chi connectivity index (χ4n) is 3.06. The van der Waals surface area contributed by atoms with E-state index in [2.05, 4.69) is 4.90 Å². The summed E-state index contributed by atoms with van der Waals surface area (Å²) in [5.41, 5.74) is -2.74. The normalized spacial score (nSPS) is 14.1. The number of carboxylic acids is 3. The third kappa shape index (κ3) is 12.7. The van der Waals surface area contributed by atoms with Crippen molar-refractivity contribution in [2.24, 2.45) is 0 Å². The zero-order valence-corrected chi connectivity index (χ0v) is 18.5. The molecule has 1 aliphatic heterocycles. The highest BCUT2D eigenvalue weighted by molar-refractivity contribution is 5.88. The predicted octanol–water partition coefficient (Wildman–Crippen LogP) is 1.42. The number of nitrogens with zero attached hydrogens (tertiary/aromatic N) is 1. The molecule has 1 aromatic rings. The summed E-state index contributed by atoms with van der Waals surface area (Å²) in [6.07, 6.45) is 2.53. The van der Waals surface area contributed by atoms with Gasteiger partial charge in [-0.15, -0.1) is 0 Å². The third-order valence-electron chi connectivity index (χ3n) is 4.86. The topological polar surface area (TPSA) is 174 Å². The maximum atomic E-state index is 10.3. The Kier molecular flexibility index (Phi) is 12.8. The first-order valence-electron chi connectivity index (χ1n) is 10.7. The van der Waals surface area contributed by atoms with Gasteiger partial charge >= 0.3 is 17.9 Å². The second-order valence-electron chi connectivity index (χ2n) is 7.69. The third-order valence-corrected chi connectivity index (χ3v) is 4.86. The molecular formula is C22H33NO10. The van der Waals surface area contributed by atoms with E-state index >= 15 is 0 Å². The molecule has 0 aliphatic carbocycles. The van der Waals surface area contributed by atoms with Gasteiger partial charge in [0.05, 0.1) is 32.7 Å². The van der Waals surface area contributed by atoms with Gasteiger partial charge < -0.3 is 35.0 Å². The van der Waals surface area contributed by atoms with Crippen LogP contribution < -0.4 is 4.74 Å². The van der Waals surface area contributed by atoms with Crippen molar-refractivity contribution < 1.29 is 49.4 Å². The number of aliphatic carboxylic acids is 3. The Balaban J connectivity index is 0.000000366. The van der Waals surface area contributed by atoms with Crippen molar-refractivity contribution in [2.75, 3.05) is 39.5 Å². The van der Waals surface area contributed by atoms with Crippen LogP contribution in [-0.4, -0.2) is 93.4 Å². The number of phenolic OH excluding ortho intramolecular Hbond substituents is 1. The Morgan fingerprint density at radius 3 is 1.97 bits per heavy atom. The quantitative estimate of drug-likeness (QED) is 0.263. The minimum absolute atomic E-state index is 0.278. The van der Waals surface area contributed by atoms with Crippen molar-refractivity contribution in [1.82, 2.24) is 4.90 Å². The van der Waals surface area contributed by atoms with E-state index in [1.165, 1.54) is 25.8 Å². The van der Waals surface area contributed by atoms with Crippen molar-refractivity contribution in [1.29, 1.82) is 0 Å². The molecule has 5 N–H and O–H groups in total. The zero-order chi connectivity index (χ0) is 24.7. The lowest BCUT2D eigenvalue weighted by molar-refractivity contribution is -0.170. The van der Waals surface area contributed by atoms with Gasteiger partial charge in [0.15, 0.2) is 5.60 Å². The summed E-state index contributed by atoms with van der Waals surface area (Å²) in [5.74, 6) is -3.91. The Labute approximate surface area is 192 Å². The van der Waals surface area contributed by atoms with Crippen LogP contribution in [0.3, 0.4) is 0 Å². The van der Waals surface area contributed by atoms with Crippen LogP contribution in [0.15, 0.2) is 24.3 Å². The lowest BCUT2D eigenvalue weighted by atomic mass is 9.96. The molecular weight excluding hydrogens is 438 g/mol. The number of rotatable bonds is 13. The van der Waals surface area contributed by atoms with Crippen LogP contribution in [-0.2, 0) is 19.1 Å². The van der Waals surface area contributed by atoms with E-state index < -0.39 is 36.4 Å². The van der Waals surface area contributed by atoms with E-state index in [-0.39, 0.29) is 5.75 Å². The summed E-state index contributed by atoms with van der Waals surface area (Å²) in [6, 6.07) is 6.90. The van der Waals surface area contributed by atoms with E-state index in [1.807, 2.05) is 0 Å². The average Bonchev–Trinajstić information content (AvgIpc) is 2.74. The van der Waals surface area contributed by atoms with Crippen molar-refractivity contribution in [3.05, 3.63) is 24.3 Å². The predicted molar refractivity (Wildman–Crippen MR) is 116 cm³/mol. The van der Waals surface area contributed by atoms with Crippen LogP contribution in [0, 0.1) is 0 Å². The Morgan fingerprint density at radius 1 is 0.909 bits per heavy atom. The minimum Gasteiger partial charge on any atom is -0.508 e. The molecule has 0 saturated carbocycles. The van der Waals surface area contributed by atoms with Gasteiger partial charge in [-0.3, -0.25) is 14.5 Å². The summed E-state index contributed by atoms with van der Waals surface area (Å²) in [6.45, 7) is 5.90. The van der Waals surface area contributed by atoms with Gasteiger partial charge in [-0.1, -0.05) is 12.8 Å². The number of carboxylic acid groups (broad SMARTS) is 3. The number of ether oxygens (including phenoxy) is 2. The standard InChI is InChI=1S/C16H25NO3.C6H8O7/c18-15-5-7-16(8-6-15)20-12-4-2-1-3-9-17-10-13-19-14-11-17;7-3(8)1-6(13,5(11)12)2-4(9)10/h5-8,18H,1-4,9-14H2;13H,1-2H2,(H,7,8)(H,9,10)(H,11,12). The second kappa shape index (κ2) is 15.0. The fourth-order valence-corrected chi connectivity index (χ4v) is 3.06. The summed E-state index contributed by atoms with van der Waals surface area (Å²) >= 11 is 0. The van der Waals surface area contributed by atoms with Crippen molar-refractivity contribution in [2.45, 2.75) is 44.1 Å². The summed E-state index contributed by atoms with van der Waals surface area (Å²) in [5, 5.41) is 43.0. The average molecular weight is 472 g/mol. The lowest BCUT2D eigenvalue weighted by Crippen LogP contribution is -2.42. The molecule has 1 heterocycles. The molecule has 1 saturated heterocycles. The molecule has 1 fully saturated rings. The molecule has 33 heavy (non-hydrogen) atoms. The van der Waals surface area contributed by atoms with Crippen molar-refractivity contribution in [3.8, 4) is 11.5 Å². The molecule has 0 aromatic heterocycles. The lowest BCUT2D eigenvalue weighted by Gasteiger charge is -2.26. The molecule has 0 bridgehead atoms. The zero-order valence-electron chi connectivity index (χ0n) is 18.5. The van der Waals surface area contributed by atoms with Crippen LogP contribution in [0.25, 0.3) is 0 Å². The highest BCUT2D eigenvalue weighted by Gasteiger charge is 2.40. The van der Waals surface area contributed by atoms with Gasteiger partial charge in [0.1, 0.15) is 11.5 Å². The van der Waals surface area contributed by atoms with Gasteiger partial charge in [-0.05, 0) is 43.7 Å². The Morgan fingerprint density at radius 2 is 1.45 bits per heavy atom. The molecule has 0 unspecified atom stereocenters. The van der Waals surface area contributed by atoms with E-state index in [1.54, 1.807) is 24.3 Å². The van der Waals surface area contributed by atoms with Crippen LogP contribution in [0.5, 0.6) is 11.5 Å². The van der Waals surface area contributed by atoms with Crippen molar-refractivity contribution >= 4 is 17.9 Å². The molecule has 1 aromatic carbocycles. The highest BCUT2D eigenvalue weighted by atomic mass is 16.5. The smallest absolute Gasteiger partial charge is 0.336 e. The van der Waals surface area contributed by atoms with Crippen LogP contribution in [0.4, 0.5) is 0 Å². The van der Waals surface area contributed by atoms with Gasteiger partial charge in [-0.25, -0.2) is 4.79 Å². The molecule has 0 spiro atoms. The molecule has 0 amide bonds. The Bertz CT molecular complexity index is 715. The van der Waals surface area contributed by atoms with Crippen LogP contribution in [0.1, 0.15) is 38.5 Å². The van der Waals surface area contributed by atoms with E-state index in [9.17, 15) is 14.4 Å². The maximum Gasteiger partial charge on any atom is 0.336 e. The number of unbranched alkanes of at least 4 members (excludes halogenated alkanes) is 3. The second-order valence-corrected chi connectivity index (χ2v) is 7.69. The first-order valence-corrected chi connectivity index (χ1v) is 10.7. The molecule has 11 heteroatoms. The van der Waals surface area contributed by atoms with E-state index in [4.69, 9.17) is 35.0 Å². The van der Waals surface area contributed by atoms with E-state index in [0.717, 1.165) is 45.1 Å². The molecule has 11 nitrogen and oxygen atoms in total. The van der Waals surface area contributed by atoms with Gasteiger partial charge in [0.25, 0.3) is 0 Å². The molecule has 0 radical (unpaired) electrons. The minimum atomic E-state index is -2.74.